The number of carboxylic acids is 1. The van der Waals surface area contributed by atoms with Crippen molar-refractivity contribution in [1.29, 1.82) is 0 Å². The van der Waals surface area contributed by atoms with Crippen molar-refractivity contribution in [3.8, 4) is 11.5 Å². The fourth-order valence-corrected chi connectivity index (χ4v) is 1.61. The van der Waals surface area contributed by atoms with Crippen LogP contribution in [-0.2, 0) is 4.74 Å². The first-order chi connectivity index (χ1) is 9.40. The smallest absolute Gasteiger partial charge is 0.342 e. The van der Waals surface area contributed by atoms with E-state index in [0.717, 1.165) is 12.1 Å². The normalized spacial score (nSPS) is 11.8. The van der Waals surface area contributed by atoms with E-state index in [2.05, 4.69) is 0 Å². The summed E-state index contributed by atoms with van der Waals surface area (Å²) in [5, 5.41) is 19.9. The van der Waals surface area contributed by atoms with Gasteiger partial charge in [-0.05, 0) is 6.92 Å². The summed E-state index contributed by atoms with van der Waals surface area (Å²) in [6.45, 7) is 1.98. The molecule has 0 aliphatic rings. The van der Waals surface area contributed by atoms with Crippen LogP contribution >= 0.6 is 0 Å². The zero-order valence-corrected chi connectivity index (χ0v) is 11.3. The van der Waals surface area contributed by atoms with Crippen LogP contribution in [-0.4, -0.2) is 42.9 Å². The SMILES string of the molecule is COCC(C)Oc1cc([N+](=O)[O-])c(C(=O)O)cc1OC. The van der Waals surface area contributed by atoms with Gasteiger partial charge in [0.1, 0.15) is 11.7 Å². The molecular formula is C12H15NO7. The van der Waals surface area contributed by atoms with Crippen molar-refractivity contribution in [2.75, 3.05) is 20.8 Å². The molecule has 0 saturated carbocycles. The van der Waals surface area contributed by atoms with Crippen molar-refractivity contribution in [3.63, 3.8) is 0 Å². The van der Waals surface area contributed by atoms with E-state index in [9.17, 15) is 14.9 Å². The Morgan fingerprint density at radius 2 is 2.05 bits per heavy atom. The third-order valence-corrected chi connectivity index (χ3v) is 2.44. The highest BCUT2D eigenvalue weighted by Gasteiger charge is 2.25. The van der Waals surface area contributed by atoms with E-state index >= 15 is 0 Å². The van der Waals surface area contributed by atoms with Gasteiger partial charge < -0.3 is 19.3 Å². The molecule has 0 aliphatic carbocycles. The molecule has 0 aliphatic heterocycles. The van der Waals surface area contributed by atoms with E-state index in [4.69, 9.17) is 19.3 Å². The maximum atomic E-state index is 11.0. The molecule has 0 radical (unpaired) electrons. The number of carbonyl (C=O) groups is 1. The maximum absolute atomic E-state index is 11.0. The third-order valence-electron chi connectivity index (χ3n) is 2.44. The zero-order valence-electron chi connectivity index (χ0n) is 11.3. The van der Waals surface area contributed by atoms with Gasteiger partial charge in [-0.1, -0.05) is 0 Å². The molecular weight excluding hydrogens is 270 g/mol. The van der Waals surface area contributed by atoms with Crippen molar-refractivity contribution in [3.05, 3.63) is 27.8 Å². The van der Waals surface area contributed by atoms with E-state index in [-0.39, 0.29) is 24.2 Å². The molecule has 0 heterocycles. The molecule has 0 spiro atoms. The van der Waals surface area contributed by atoms with Gasteiger partial charge in [-0.3, -0.25) is 10.1 Å². The first-order valence-electron chi connectivity index (χ1n) is 5.66. The number of nitro benzene ring substituents is 1. The second-order valence-electron chi connectivity index (χ2n) is 3.97. The number of carboxylic acid groups (broad SMARTS) is 1. The summed E-state index contributed by atoms with van der Waals surface area (Å²) in [7, 11) is 2.81. The van der Waals surface area contributed by atoms with Gasteiger partial charge in [0.25, 0.3) is 5.69 Å². The molecule has 0 aromatic heterocycles. The number of methoxy groups -OCH3 is 2. The zero-order chi connectivity index (χ0) is 15.3. The minimum Gasteiger partial charge on any atom is -0.493 e. The molecule has 0 bridgehead atoms. The fourth-order valence-electron chi connectivity index (χ4n) is 1.61. The molecule has 0 amide bonds. The quantitative estimate of drug-likeness (QED) is 0.600. The fraction of sp³-hybridized carbons (Fsp3) is 0.417. The van der Waals surface area contributed by atoms with Gasteiger partial charge in [0, 0.05) is 13.2 Å². The largest absolute Gasteiger partial charge is 0.493 e. The lowest BCUT2D eigenvalue weighted by atomic mass is 10.1. The van der Waals surface area contributed by atoms with Gasteiger partial charge >= 0.3 is 5.97 Å². The van der Waals surface area contributed by atoms with E-state index < -0.39 is 22.1 Å². The maximum Gasteiger partial charge on any atom is 0.342 e. The van der Waals surface area contributed by atoms with Crippen molar-refractivity contribution >= 4 is 11.7 Å². The lowest BCUT2D eigenvalue weighted by Gasteiger charge is -2.16. The van der Waals surface area contributed by atoms with Crippen LogP contribution in [0.1, 0.15) is 17.3 Å². The first-order valence-corrected chi connectivity index (χ1v) is 5.66. The van der Waals surface area contributed by atoms with Gasteiger partial charge in [0.05, 0.1) is 24.7 Å². The molecule has 1 aromatic rings. The first kappa shape index (κ1) is 15.7. The number of aromatic carboxylic acids is 1. The van der Waals surface area contributed by atoms with Crippen LogP contribution in [0, 0.1) is 10.1 Å². The second kappa shape index (κ2) is 6.71. The molecule has 110 valence electrons. The highest BCUT2D eigenvalue weighted by molar-refractivity contribution is 5.93. The molecule has 1 unspecified atom stereocenters. The van der Waals surface area contributed by atoms with Crippen molar-refractivity contribution in [2.24, 2.45) is 0 Å². The van der Waals surface area contributed by atoms with Crippen LogP contribution in [0.3, 0.4) is 0 Å². The van der Waals surface area contributed by atoms with Gasteiger partial charge in [-0.15, -0.1) is 0 Å². The molecule has 1 N–H and O–H groups in total. The minimum atomic E-state index is -1.41. The van der Waals surface area contributed by atoms with E-state index in [0.29, 0.717) is 0 Å². The Morgan fingerprint density at radius 3 is 2.50 bits per heavy atom. The number of ether oxygens (including phenoxy) is 3. The van der Waals surface area contributed by atoms with Crippen LogP contribution in [0.2, 0.25) is 0 Å². The van der Waals surface area contributed by atoms with E-state index in [1.807, 2.05) is 0 Å². The summed E-state index contributed by atoms with van der Waals surface area (Å²) < 4.78 is 15.3. The molecule has 0 saturated heterocycles. The summed E-state index contributed by atoms with van der Waals surface area (Å²) >= 11 is 0. The number of hydrogen-bond donors (Lipinski definition) is 1. The number of nitrogens with zero attached hydrogens (tertiary/aromatic N) is 1. The van der Waals surface area contributed by atoms with Crippen LogP contribution in [0.5, 0.6) is 11.5 Å². The van der Waals surface area contributed by atoms with E-state index in [1.54, 1.807) is 6.92 Å². The summed E-state index contributed by atoms with van der Waals surface area (Å²) in [6.07, 6.45) is -0.371. The molecule has 1 atom stereocenters. The van der Waals surface area contributed by atoms with Crippen LogP contribution in [0.15, 0.2) is 12.1 Å². The van der Waals surface area contributed by atoms with Crippen molar-refractivity contribution in [2.45, 2.75) is 13.0 Å². The Morgan fingerprint density at radius 1 is 1.40 bits per heavy atom. The Hall–Kier alpha value is -2.35. The topological polar surface area (TPSA) is 108 Å². The van der Waals surface area contributed by atoms with Crippen molar-refractivity contribution in [1.82, 2.24) is 0 Å². The average Bonchev–Trinajstić information content (AvgIpc) is 2.38. The lowest BCUT2D eigenvalue weighted by Crippen LogP contribution is -2.18. The highest BCUT2D eigenvalue weighted by Crippen LogP contribution is 2.35. The van der Waals surface area contributed by atoms with Gasteiger partial charge in [0.2, 0.25) is 0 Å². The second-order valence-corrected chi connectivity index (χ2v) is 3.97. The highest BCUT2D eigenvalue weighted by atomic mass is 16.6. The molecule has 8 nitrogen and oxygen atoms in total. The summed E-state index contributed by atoms with van der Waals surface area (Å²) in [6, 6.07) is 2.10. The molecule has 20 heavy (non-hydrogen) atoms. The third kappa shape index (κ3) is 3.58. The molecule has 8 heteroatoms. The summed E-state index contributed by atoms with van der Waals surface area (Å²) in [5.74, 6) is -1.21. The lowest BCUT2D eigenvalue weighted by molar-refractivity contribution is -0.385. The number of hydrogen-bond acceptors (Lipinski definition) is 6. The Labute approximate surface area is 115 Å². The van der Waals surface area contributed by atoms with Crippen LogP contribution in [0.25, 0.3) is 0 Å². The standard InChI is InChI=1S/C12H15NO7/c1-7(6-18-2)20-11-5-9(13(16)17)8(12(14)15)4-10(11)19-3/h4-5,7H,6H2,1-3H3,(H,14,15). The Bertz CT molecular complexity index is 515. The molecule has 1 aromatic carbocycles. The number of benzene rings is 1. The molecule has 1 rings (SSSR count). The van der Waals surface area contributed by atoms with E-state index in [1.165, 1.54) is 14.2 Å². The van der Waals surface area contributed by atoms with Crippen LogP contribution < -0.4 is 9.47 Å². The van der Waals surface area contributed by atoms with Gasteiger partial charge in [0.15, 0.2) is 11.5 Å². The van der Waals surface area contributed by atoms with Crippen molar-refractivity contribution < 1.29 is 29.0 Å². The van der Waals surface area contributed by atoms with Gasteiger partial charge in [-0.25, -0.2) is 4.79 Å². The Kier molecular flexibility index (Phi) is 5.27. The van der Waals surface area contributed by atoms with Crippen LogP contribution in [0.4, 0.5) is 5.69 Å². The molecule has 0 fully saturated rings. The predicted molar refractivity (Wildman–Crippen MR) is 68.6 cm³/mol. The monoisotopic (exact) mass is 285 g/mol. The Balaban J connectivity index is 3.26. The number of nitro groups is 1. The predicted octanol–water partition coefficient (Wildman–Crippen LogP) is 1.72. The number of rotatable bonds is 7. The summed E-state index contributed by atoms with van der Waals surface area (Å²) in [5.41, 5.74) is -1.02. The summed E-state index contributed by atoms with van der Waals surface area (Å²) in [4.78, 5) is 21.1. The minimum absolute atomic E-state index is 0.0914. The average molecular weight is 285 g/mol. The van der Waals surface area contributed by atoms with Gasteiger partial charge in [-0.2, -0.15) is 0 Å².